The highest BCUT2D eigenvalue weighted by molar-refractivity contribution is 5.64. The SMILES string of the molecule is CCC(=C=CC(C)(C)C)c1ccccc1. The lowest BCUT2D eigenvalue weighted by Crippen LogP contribution is -1.97. The van der Waals surface area contributed by atoms with Crippen LogP contribution >= 0.6 is 0 Å². The van der Waals surface area contributed by atoms with Crippen LogP contribution in [0.15, 0.2) is 42.1 Å². The topological polar surface area (TPSA) is 0 Å². The predicted molar refractivity (Wildman–Crippen MR) is 67.7 cm³/mol. The van der Waals surface area contributed by atoms with E-state index in [1.54, 1.807) is 0 Å². The van der Waals surface area contributed by atoms with Gasteiger partial charge in [0, 0.05) is 5.57 Å². The van der Waals surface area contributed by atoms with E-state index in [1.165, 1.54) is 11.1 Å². The Bertz CT molecular complexity index is 357. The van der Waals surface area contributed by atoms with Crippen molar-refractivity contribution in [2.24, 2.45) is 5.41 Å². The minimum Gasteiger partial charge on any atom is -0.121 e. The van der Waals surface area contributed by atoms with Crippen molar-refractivity contribution < 1.29 is 0 Å². The fourth-order valence-corrected chi connectivity index (χ4v) is 1.33. The van der Waals surface area contributed by atoms with Crippen LogP contribution in [0.1, 0.15) is 39.7 Å². The first kappa shape index (κ1) is 11.8. The summed E-state index contributed by atoms with van der Waals surface area (Å²) >= 11 is 0. The molecule has 0 amide bonds. The minimum absolute atomic E-state index is 0.204. The van der Waals surface area contributed by atoms with Gasteiger partial charge in [0.1, 0.15) is 0 Å². The molecule has 1 aromatic carbocycles. The molecule has 0 nitrogen and oxygen atoms in total. The minimum atomic E-state index is 0.204. The van der Waals surface area contributed by atoms with Crippen molar-refractivity contribution in [3.63, 3.8) is 0 Å². The Kier molecular flexibility index (Phi) is 3.94. The van der Waals surface area contributed by atoms with Gasteiger partial charge < -0.3 is 0 Å². The highest BCUT2D eigenvalue weighted by atomic mass is 14.1. The molecule has 0 N–H and O–H groups in total. The number of hydrogen-bond acceptors (Lipinski definition) is 0. The normalized spacial score (nSPS) is 10.7. The highest BCUT2D eigenvalue weighted by Crippen LogP contribution is 2.19. The summed E-state index contributed by atoms with van der Waals surface area (Å²) in [6, 6.07) is 10.5. The van der Waals surface area contributed by atoms with Crippen LogP contribution in [0.4, 0.5) is 0 Å². The highest BCUT2D eigenvalue weighted by Gasteiger charge is 2.03. The van der Waals surface area contributed by atoms with Crippen LogP contribution in [-0.4, -0.2) is 0 Å². The lowest BCUT2D eigenvalue weighted by atomic mass is 9.95. The Labute approximate surface area is 93.3 Å². The van der Waals surface area contributed by atoms with Crippen molar-refractivity contribution >= 4 is 5.57 Å². The fraction of sp³-hybridized carbons (Fsp3) is 0.400. The van der Waals surface area contributed by atoms with Gasteiger partial charge in [0.25, 0.3) is 0 Å². The van der Waals surface area contributed by atoms with Crippen molar-refractivity contribution in [2.45, 2.75) is 34.1 Å². The van der Waals surface area contributed by atoms with Gasteiger partial charge in [0.05, 0.1) is 0 Å². The molecular weight excluding hydrogens is 180 g/mol. The van der Waals surface area contributed by atoms with E-state index >= 15 is 0 Å². The quantitative estimate of drug-likeness (QED) is 0.608. The second kappa shape index (κ2) is 5.00. The maximum absolute atomic E-state index is 3.42. The largest absolute Gasteiger partial charge is 0.121 e. The van der Waals surface area contributed by atoms with Crippen LogP contribution in [0.3, 0.4) is 0 Å². The zero-order valence-corrected chi connectivity index (χ0v) is 10.2. The van der Waals surface area contributed by atoms with Gasteiger partial charge >= 0.3 is 0 Å². The summed E-state index contributed by atoms with van der Waals surface area (Å²) in [5.74, 6) is 0. The first-order chi connectivity index (χ1) is 7.03. The standard InChI is InChI=1S/C15H20/c1-5-13(11-12-15(2,3)4)14-9-7-6-8-10-14/h6-10,12H,5H2,1-4H3. The number of rotatable bonds is 2. The van der Waals surface area contributed by atoms with Crippen molar-refractivity contribution in [3.05, 3.63) is 47.7 Å². The molecule has 0 bridgehead atoms. The Morgan fingerprint density at radius 2 is 1.80 bits per heavy atom. The molecule has 0 heteroatoms. The summed E-state index contributed by atoms with van der Waals surface area (Å²) in [7, 11) is 0. The van der Waals surface area contributed by atoms with E-state index in [-0.39, 0.29) is 5.41 Å². The monoisotopic (exact) mass is 200 g/mol. The molecule has 0 saturated heterocycles. The van der Waals surface area contributed by atoms with Gasteiger partial charge in [-0.25, -0.2) is 0 Å². The molecule has 0 aliphatic carbocycles. The number of allylic oxidation sites excluding steroid dienone is 1. The third kappa shape index (κ3) is 4.18. The van der Waals surface area contributed by atoms with Crippen molar-refractivity contribution in [1.29, 1.82) is 0 Å². The Morgan fingerprint density at radius 3 is 2.27 bits per heavy atom. The molecule has 0 radical (unpaired) electrons. The third-order valence-electron chi connectivity index (χ3n) is 2.16. The van der Waals surface area contributed by atoms with E-state index in [9.17, 15) is 0 Å². The molecular formula is C15H20. The molecule has 15 heavy (non-hydrogen) atoms. The average Bonchev–Trinajstić information content (AvgIpc) is 2.19. The summed E-state index contributed by atoms with van der Waals surface area (Å²) in [5.41, 5.74) is 6.18. The van der Waals surface area contributed by atoms with Gasteiger partial charge in [0.15, 0.2) is 0 Å². The van der Waals surface area contributed by atoms with Crippen LogP contribution in [0.2, 0.25) is 0 Å². The summed E-state index contributed by atoms with van der Waals surface area (Å²) in [5, 5.41) is 0. The second-order valence-electron chi connectivity index (χ2n) is 4.85. The molecule has 0 spiro atoms. The molecule has 0 saturated carbocycles. The van der Waals surface area contributed by atoms with Crippen molar-refractivity contribution in [3.8, 4) is 0 Å². The smallest absolute Gasteiger partial charge is 0.000614 e. The first-order valence-corrected chi connectivity index (χ1v) is 5.55. The van der Waals surface area contributed by atoms with E-state index in [2.05, 4.69) is 63.8 Å². The molecule has 0 aliphatic rings. The maximum Gasteiger partial charge on any atom is 0.000614 e. The molecule has 0 aromatic heterocycles. The zero-order valence-electron chi connectivity index (χ0n) is 10.2. The van der Waals surface area contributed by atoms with Crippen LogP contribution in [0.25, 0.3) is 5.57 Å². The average molecular weight is 200 g/mol. The molecule has 1 rings (SSSR count). The van der Waals surface area contributed by atoms with Crippen molar-refractivity contribution in [2.75, 3.05) is 0 Å². The van der Waals surface area contributed by atoms with E-state index in [0.29, 0.717) is 0 Å². The lowest BCUT2D eigenvalue weighted by molar-refractivity contribution is 0.545. The predicted octanol–water partition coefficient (Wildman–Crippen LogP) is 4.68. The van der Waals surface area contributed by atoms with Gasteiger partial charge in [-0.15, -0.1) is 5.73 Å². The Hall–Kier alpha value is -1.26. The van der Waals surface area contributed by atoms with E-state index in [4.69, 9.17) is 0 Å². The fourth-order valence-electron chi connectivity index (χ4n) is 1.33. The summed E-state index contributed by atoms with van der Waals surface area (Å²) in [6.07, 6.45) is 3.18. The van der Waals surface area contributed by atoms with E-state index in [1.807, 2.05) is 6.07 Å². The van der Waals surface area contributed by atoms with Gasteiger partial charge in [-0.05, 0) is 23.5 Å². The first-order valence-electron chi connectivity index (χ1n) is 5.55. The molecule has 0 fully saturated rings. The molecule has 0 heterocycles. The van der Waals surface area contributed by atoms with Gasteiger partial charge in [-0.1, -0.05) is 58.0 Å². The van der Waals surface area contributed by atoms with Crippen LogP contribution in [-0.2, 0) is 0 Å². The van der Waals surface area contributed by atoms with Crippen LogP contribution in [0.5, 0.6) is 0 Å². The summed E-state index contributed by atoms with van der Waals surface area (Å²) in [4.78, 5) is 0. The Morgan fingerprint density at radius 1 is 1.20 bits per heavy atom. The van der Waals surface area contributed by atoms with Crippen LogP contribution in [0, 0.1) is 5.41 Å². The molecule has 0 unspecified atom stereocenters. The Balaban J connectivity index is 3.05. The van der Waals surface area contributed by atoms with E-state index in [0.717, 1.165) is 6.42 Å². The van der Waals surface area contributed by atoms with Crippen LogP contribution < -0.4 is 0 Å². The van der Waals surface area contributed by atoms with Crippen molar-refractivity contribution in [1.82, 2.24) is 0 Å². The third-order valence-corrected chi connectivity index (χ3v) is 2.16. The zero-order chi connectivity index (χ0) is 11.3. The molecule has 0 atom stereocenters. The number of benzene rings is 1. The second-order valence-corrected chi connectivity index (χ2v) is 4.85. The van der Waals surface area contributed by atoms with Gasteiger partial charge in [0.2, 0.25) is 0 Å². The summed E-state index contributed by atoms with van der Waals surface area (Å²) < 4.78 is 0. The molecule has 1 aromatic rings. The molecule has 80 valence electrons. The lowest BCUT2D eigenvalue weighted by Gasteiger charge is -2.09. The molecule has 0 aliphatic heterocycles. The summed E-state index contributed by atoms with van der Waals surface area (Å²) in [6.45, 7) is 8.75. The van der Waals surface area contributed by atoms with E-state index < -0.39 is 0 Å². The maximum atomic E-state index is 3.42. The van der Waals surface area contributed by atoms with Gasteiger partial charge in [-0.3, -0.25) is 0 Å². The van der Waals surface area contributed by atoms with Gasteiger partial charge in [-0.2, -0.15) is 0 Å². The number of hydrogen-bond donors (Lipinski definition) is 0.